The Labute approximate surface area is 181 Å². The molecule has 0 spiro atoms. The summed E-state index contributed by atoms with van der Waals surface area (Å²) >= 11 is 2.31. The maximum Gasteiger partial charge on any atom is 0.312 e. The maximum atomic E-state index is 13.8. The summed E-state index contributed by atoms with van der Waals surface area (Å²) in [7, 11) is -2.10. The molecular formula is C18H20FIN6O2S. The third-order valence-electron chi connectivity index (χ3n) is 5.18. The quantitative estimate of drug-likeness (QED) is 0.371. The Bertz CT molecular complexity index is 1210. The van der Waals surface area contributed by atoms with Gasteiger partial charge in [0.25, 0.3) is 0 Å². The van der Waals surface area contributed by atoms with Crippen molar-refractivity contribution in [2.45, 2.75) is 32.2 Å². The van der Waals surface area contributed by atoms with E-state index in [1.165, 1.54) is 18.2 Å². The molecule has 3 N–H and O–H groups in total. The average molecular weight is 530 g/mol. The van der Waals surface area contributed by atoms with Gasteiger partial charge in [0.05, 0.1) is 5.75 Å². The van der Waals surface area contributed by atoms with Crippen LogP contribution < -0.4 is 10.5 Å². The predicted octanol–water partition coefficient (Wildman–Crippen LogP) is 1.78. The lowest BCUT2D eigenvalue weighted by molar-refractivity contribution is 0.542. The first-order valence-corrected chi connectivity index (χ1v) is 11.9. The van der Waals surface area contributed by atoms with Crippen LogP contribution in [0.4, 0.5) is 10.2 Å². The number of anilines is 1. The molecule has 4 rings (SSSR count). The minimum atomic E-state index is -3.46. The number of rotatable bonds is 6. The lowest BCUT2D eigenvalue weighted by atomic mass is 10.0. The molecule has 2 heterocycles. The zero-order valence-electron chi connectivity index (χ0n) is 15.7. The lowest BCUT2D eigenvalue weighted by Crippen LogP contribution is -2.25. The molecule has 0 bridgehead atoms. The van der Waals surface area contributed by atoms with Crippen LogP contribution in [0.25, 0.3) is 11.2 Å². The molecule has 1 aromatic carbocycles. The standard InChI is InChI=1S/C18H20FIN6O2S/c1-22-29(27,28)6-5-26-14(23-15-16(21)24-18(19)25-17(15)26)9-12-7-10-3-2-4-11(10)8-13(12)20/h7-8,22H,2-6,9H2,1H3,(H2,21,24,25). The first kappa shape index (κ1) is 20.4. The van der Waals surface area contributed by atoms with Gasteiger partial charge in [-0.25, -0.2) is 18.1 Å². The van der Waals surface area contributed by atoms with E-state index in [1.807, 2.05) is 0 Å². The average Bonchev–Trinajstić information content (AvgIpc) is 3.24. The third kappa shape index (κ3) is 4.08. The van der Waals surface area contributed by atoms with Crippen molar-refractivity contribution in [3.63, 3.8) is 0 Å². The van der Waals surface area contributed by atoms with Gasteiger partial charge in [-0.15, -0.1) is 0 Å². The van der Waals surface area contributed by atoms with Crippen molar-refractivity contribution < 1.29 is 12.8 Å². The van der Waals surface area contributed by atoms with Crippen LogP contribution in [0.3, 0.4) is 0 Å². The molecular weight excluding hydrogens is 510 g/mol. The monoisotopic (exact) mass is 530 g/mol. The summed E-state index contributed by atoms with van der Waals surface area (Å²) < 4.78 is 42.7. The number of hydrogen-bond donors (Lipinski definition) is 2. The topological polar surface area (TPSA) is 116 Å². The molecule has 8 nitrogen and oxygen atoms in total. The second-order valence-electron chi connectivity index (χ2n) is 7.00. The summed E-state index contributed by atoms with van der Waals surface area (Å²) in [6, 6.07) is 4.39. The van der Waals surface area contributed by atoms with Crippen LogP contribution >= 0.6 is 22.6 Å². The van der Waals surface area contributed by atoms with Crippen molar-refractivity contribution in [3.8, 4) is 0 Å². The fourth-order valence-corrected chi connectivity index (χ4v) is 5.02. The van der Waals surface area contributed by atoms with E-state index in [0.717, 1.165) is 28.4 Å². The second kappa shape index (κ2) is 7.76. The van der Waals surface area contributed by atoms with Gasteiger partial charge in [-0.1, -0.05) is 6.07 Å². The molecule has 0 aliphatic heterocycles. The summed E-state index contributed by atoms with van der Waals surface area (Å²) in [4.78, 5) is 11.9. The molecule has 1 aliphatic rings. The number of nitrogens with two attached hydrogens (primary N) is 1. The Morgan fingerprint density at radius 1 is 1.24 bits per heavy atom. The summed E-state index contributed by atoms with van der Waals surface area (Å²) in [6.07, 6.45) is 2.80. The minimum Gasteiger partial charge on any atom is -0.382 e. The van der Waals surface area contributed by atoms with Crippen LogP contribution in [-0.4, -0.2) is 40.7 Å². The molecule has 3 aromatic rings. The Morgan fingerprint density at radius 2 is 1.97 bits per heavy atom. The number of aromatic nitrogens is 4. The van der Waals surface area contributed by atoms with Crippen molar-refractivity contribution >= 4 is 49.6 Å². The second-order valence-corrected chi connectivity index (χ2v) is 10.2. The van der Waals surface area contributed by atoms with Crippen LogP contribution in [0.2, 0.25) is 0 Å². The number of nitrogens with one attached hydrogen (secondary N) is 1. The van der Waals surface area contributed by atoms with Gasteiger partial charge in [0.2, 0.25) is 10.0 Å². The zero-order valence-corrected chi connectivity index (χ0v) is 18.7. The molecule has 0 amide bonds. The van der Waals surface area contributed by atoms with Crippen LogP contribution in [0.1, 0.15) is 28.9 Å². The Kier molecular flexibility index (Phi) is 5.46. The van der Waals surface area contributed by atoms with E-state index in [1.54, 1.807) is 4.57 Å². The predicted molar refractivity (Wildman–Crippen MR) is 117 cm³/mol. The molecule has 0 saturated heterocycles. The van der Waals surface area contributed by atoms with Gasteiger partial charge in [0.1, 0.15) is 5.82 Å². The van der Waals surface area contributed by atoms with Gasteiger partial charge in [-0.2, -0.15) is 14.4 Å². The van der Waals surface area contributed by atoms with Crippen molar-refractivity contribution in [1.29, 1.82) is 0 Å². The van der Waals surface area contributed by atoms with E-state index in [4.69, 9.17) is 5.73 Å². The van der Waals surface area contributed by atoms with Crippen molar-refractivity contribution in [2.75, 3.05) is 18.5 Å². The molecule has 29 heavy (non-hydrogen) atoms. The van der Waals surface area contributed by atoms with Crippen LogP contribution in [0, 0.1) is 9.65 Å². The molecule has 2 aromatic heterocycles. The van der Waals surface area contributed by atoms with E-state index < -0.39 is 16.1 Å². The van der Waals surface area contributed by atoms with E-state index in [-0.39, 0.29) is 29.3 Å². The molecule has 1 aliphatic carbocycles. The summed E-state index contributed by atoms with van der Waals surface area (Å²) in [6.45, 7) is 0.0758. The Morgan fingerprint density at radius 3 is 2.69 bits per heavy atom. The number of imidazole rings is 1. The van der Waals surface area contributed by atoms with Crippen molar-refractivity contribution in [1.82, 2.24) is 24.2 Å². The molecule has 0 radical (unpaired) electrons. The van der Waals surface area contributed by atoms with Crippen molar-refractivity contribution in [3.05, 3.63) is 44.3 Å². The summed E-state index contributed by atoms with van der Waals surface area (Å²) in [5, 5.41) is 0. The van der Waals surface area contributed by atoms with Crippen LogP contribution in [-0.2, 0) is 35.8 Å². The molecule has 0 atom stereocenters. The minimum absolute atomic E-state index is 0.0624. The fraction of sp³-hybridized carbons (Fsp3) is 0.389. The number of halogens is 2. The molecule has 0 saturated carbocycles. The van der Waals surface area contributed by atoms with Gasteiger partial charge in [-0.3, -0.25) is 0 Å². The third-order valence-corrected chi connectivity index (χ3v) is 7.52. The number of sulfonamides is 1. The number of hydrogen-bond acceptors (Lipinski definition) is 6. The first-order chi connectivity index (χ1) is 13.8. The number of benzene rings is 1. The Balaban J connectivity index is 1.79. The van der Waals surface area contributed by atoms with Gasteiger partial charge in [0.15, 0.2) is 17.0 Å². The highest BCUT2D eigenvalue weighted by Gasteiger charge is 2.21. The van der Waals surface area contributed by atoms with E-state index in [9.17, 15) is 12.8 Å². The Hall–Kier alpha value is -1.86. The normalized spacial score (nSPS) is 13.9. The number of fused-ring (bicyclic) bond motifs is 2. The highest BCUT2D eigenvalue weighted by Crippen LogP contribution is 2.29. The lowest BCUT2D eigenvalue weighted by Gasteiger charge is -2.11. The van der Waals surface area contributed by atoms with Crippen LogP contribution in [0.5, 0.6) is 0 Å². The highest BCUT2D eigenvalue weighted by atomic mass is 127. The fourth-order valence-electron chi connectivity index (χ4n) is 3.67. The largest absolute Gasteiger partial charge is 0.382 e. The van der Waals surface area contributed by atoms with Gasteiger partial charge in [0, 0.05) is 16.5 Å². The van der Waals surface area contributed by atoms with Crippen LogP contribution in [0.15, 0.2) is 12.1 Å². The summed E-state index contributed by atoms with van der Waals surface area (Å²) in [5.74, 6) is 0.329. The number of nitrogen functional groups attached to an aromatic ring is 1. The molecule has 154 valence electrons. The van der Waals surface area contributed by atoms with Gasteiger partial charge < -0.3 is 10.3 Å². The van der Waals surface area contributed by atoms with E-state index >= 15 is 0 Å². The highest BCUT2D eigenvalue weighted by molar-refractivity contribution is 14.1. The summed E-state index contributed by atoms with van der Waals surface area (Å²) in [5.41, 5.74) is 10.1. The van der Waals surface area contributed by atoms with E-state index in [0.29, 0.717) is 12.2 Å². The number of nitrogens with zero attached hydrogens (tertiary/aromatic N) is 4. The SMILES string of the molecule is CNS(=O)(=O)CCn1c(Cc2cc3c(cc2I)CCC3)nc2c(N)nc(F)nc21. The van der Waals surface area contributed by atoms with E-state index in [2.05, 4.69) is 54.4 Å². The molecule has 0 unspecified atom stereocenters. The van der Waals surface area contributed by atoms with Crippen molar-refractivity contribution in [2.24, 2.45) is 0 Å². The maximum absolute atomic E-state index is 13.8. The van der Waals surface area contributed by atoms with Gasteiger partial charge >= 0.3 is 6.08 Å². The van der Waals surface area contributed by atoms with Gasteiger partial charge in [-0.05, 0) is 71.7 Å². The molecule has 11 heteroatoms. The number of aryl methyl sites for hydroxylation is 3. The molecule has 0 fully saturated rings. The smallest absolute Gasteiger partial charge is 0.312 e. The first-order valence-electron chi connectivity index (χ1n) is 9.17. The zero-order chi connectivity index (χ0) is 20.8.